The molecule has 2 aromatic heterocycles. The number of hydrogen-bond acceptors (Lipinski definition) is 6. The molecule has 7 rings (SSSR count). The second-order valence-corrected chi connectivity index (χ2v) is 11.4. The van der Waals surface area contributed by atoms with Crippen LogP contribution in [0.1, 0.15) is 70.3 Å². The summed E-state index contributed by atoms with van der Waals surface area (Å²) in [5, 5.41) is 3.92. The first kappa shape index (κ1) is 22.2. The highest BCUT2D eigenvalue weighted by Gasteiger charge is 2.47. The molecule has 0 unspecified atom stereocenters. The molecule has 2 aliphatic heterocycles. The Labute approximate surface area is 208 Å². The number of benzene rings is 1. The molecule has 6 atom stereocenters. The predicted octanol–water partition coefficient (Wildman–Crippen LogP) is 2.77. The fraction of sp³-hybridized carbons (Fsp3) is 0.593. The molecule has 2 saturated heterocycles. The Morgan fingerprint density at radius 2 is 1.53 bits per heavy atom. The number of hydrogen-bond donors (Lipinski definition) is 1. The van der Waals surface area contributed by atoms with Gasteiger partial charge in [-0.05, 0) is 68.9 Å². The zero-order valence-electron chi connectivity index (χ0n) is 20.4. The average Bonchev–Trinajstić information content (AvgIpc) is 3.13. The van der Waals surface area contributed by atoms with E-state index < -0.39 is 11.2 Å². The number of nitrogens with one attached hydrogen (secondary N) is 1. The van der Waals surface area contributed by atoms with Gasteiger partial charge < -0.3 is 4.57 Å². The van der Waals surface area contributed by atoms with Crippen molar-refractivity contribution in [1.29, 1.82) is 0 Å². The summed E-state index contributed by atoms with van der Waals surface area (Å²) < 4.78 is 2.77. The van der Waals surface area contributed by atoms with Crippen molar-refractivity contribution < 1.29 is 0 Å². The summed E-state index contributed by atoms with van der Waals surface area (Å²) in [4.78, 5) is 47.4. The van der Waals surface area contributed by atoms with Gasteiger partial charge in [-0.15, -0.1) is 0 Å². The molecule has 188 valence electrons. The van der Waals surface area contributed by atoms with Gasteiger partial charge in [0.1, 0.15) is 6.20 Å². The van der Waals surface area contributed by atoms with Gasteiger partial charge in [0.05, 0.1) is 11.0 Å². The van der Waals surface area contributed by atoms with Crippen molar-refractivity contribution in [3.05, 3.63) is 61.7 Å². The van der Waals surface area contributed by atoms with E-state index in [0.717, 1.165) is 41.1 Å². The molecular formula is C27H32N6O3. The minimum atomic E-state index is -0.758. The number of para-hydroxylation sites is 2. The van der Waals surface area contributed by atoms with Crippen LogP contribution in [0.25, 0.3) is 16.9 Å². The molecule has 4 bridgehead atoms. The van der Waals surface area contributed by atoms with Gasteiger partial charge in [0.15, 0.2) is 0 Å². The Bertz CT molecular complexity index is 1470. The fourth-order valence-electron chi connectivity index (χ4n) is 8.08. The smallest absolute Gasteiger partial charge is 0.300 e. The lowest BCUT2D eigenvalue weighted by atomic mass is 9.69. The maximum Gasteiger partial charge on any atom is 0.351 e. The van der Waals surface area contributed by atoms with Crippen molar-refractivity contribution in [2.24, 2.45) is 11.8 Å². The number of rotatable bonds is 3. The van der Waals surface area contributed by atoms with Gasteiger partial charge in [-0.2, -0.15) is 9.78 Å². The predicted molar refractivity (Wildman–Crippen MR) is 135 cm³/mol. The largest absolute Gasteiger partial charge is 0.351 e. The van der Waals surface area contributed by atoms with E-state index in [9.17, 15) is 14.4 Å². The molecule has 1 N–H and O–H groups in total. The molecule has 4 fully saturated rings. The van der Waals surface area contributed by atoms with Gasteiger partial charge in [-0.1, -0.05) is 31.4 Å². The first-order chi connectivity index (χ1) is 17.5. The van der Waals surface area contributed by atoms with Crippen LogP contribution in [0.2, 0.25) is 0 Å². The molecule has 2 aliphatic carbocycles. The molecule has 36 heavy (non-hydrogen) atoms. The van der Waals surface area contributed by atoms with Crippen LogP contribution < -0.4 is 16.8 Å². The van der Waals surface area contributed by atoms with Crippen LogP contribution in [-0.2, 0) is 0 Å². The first-order valence-corrected chi connectivity index (χ1v) is 13.5. The Balaban J connectivity index is 1.27. The van der Waals surface area contributed by atoms with E-state index in [2.05, 4.69) is 20.0 Å². The van der Waals surface area contributed by atoms with Crippen LogP contribution in [0.4, 0.5) is 0 Å². The van der Waals surface area contributed by atoms with E-state index in [1.165, 1.54) is 51.4 Å². The summed E-state index contributed by atoms with van der Waals surface area (Å²) >= 11 is 0. The lowest BCUT2D eigenvalue weighted by Crippen LogP contribution is -2.52. The van der Waals surface area contributed by atoms with E-state index in [1.54, 1.807) is 0 Å². The summed E-state index contributed by atoms with van der Waals surface area (Å²) in [6.45, 7) is 0. The summed E-state index contributed by atoms with van der Waals surface area (Å²) in [5.74, 6) is 1.74. The Kier molecular flexibility index (Phi) is 5.23. The van der Waals surface area contributed by atoms with Crippen molar-refractivity contribution in [2.45, 2.75) is 88.4 Å². The molecule has 4 heterocycles. The van der Waals surface area contributed by atoms with Gasteiger partial charge in [-0.25, -0.2) is 9.78 Å². The molecule has 4 aliphatic rings. The van der Waals surface area contributed by atoms with Crippen molar-refractivity contribution in [3.8, 4) is 5.82 Å². The van der Waals surface area contributed by atoms with E-state index in [-0.39, 0.29) is 17.4 Å². The summed E-state index contributed by atoms with van der Waals surface area (Å²) in [5.41, 5.74) is -0.268. The third-order valence-electron chi connectivity index (χ3n) is 9.35. The van der Waals surface area contributed by atoms with E-state index in [1.807, 2.05) is 28.8 Å². The van der Waals surface area contributed by atoms with Gasteiger partial charge in [0.2, 0.25) is 5.82 Å². The molecule has 3 aromatic rings. The van der Waals surface area contributed by atoms with Crippen LogP contribution in [0, 0.1) is 11.8 Å². The first-order valence-electron chi connectivity index (χ1n) is 13.5. The van der Waals surface area contributed by atoms with Crippen molar-refractivity contribution in [2.75, 3.05) is 0 Å². The highest BCUT2D eigenvalue weighted by Crippen LogP contribution is 2.48. The van der Waals surface area contributed by atoms with E-state index in [4.69, 9.17) is 0 Å². The third kappa shape index (κ3) is 3.58. The fourth-order valence-corrected chi connectivity index (χ4v) is 8.08. The zero-order chi connectivity index (χ0) is 24.4. The monoisotopic (exact) mass is 488 g/mol. The number of H-pyrrole nitrogens is 1. The topological polar surface area (TPSA) is 106 Å². The Morgan fingerprint density at radius 3 is 2.25 bits per heavy atom. The molecule has 1 aromatic carbocycles. The highest BCUT2D eigenvalue weighted by molar-refractivity contribution is 5.75. The maximum absolute atomic E-state index is 13.9. The average molecular weight is 489 g/mol. The summed E-state index contributed by atoms with van der Waals surface area (Å²) in [7, 11) is 0. The number of aromatic amines is 1. The van der Waals surface area contributed by atoms with Crippen LogP contribution in [0.15, 0.2) is 44.8 Å². The summed E-state index contributed by atoms with van der Waals surface area (Å²) in [6.07, 6.45) is 13.6. The van der Waals surface area contributed by atoms with Gasteiger partial charge in [0.25, 0.3) is 11.1 Å². The van der Waals surface area contributed by atoms with Crippen molar-refractivity contribution in [1.82, 2.24) is 29.2 Å². The van der Waals surface area contributed by atoms with Crippen LogP contribution >= 0.6 is 0 Å². The molecule has 0 amide bonds. The van der Waals surface area contributed by atoms with Gasteiger partial charge in [0, 0.05) is 24.2 Å². The lowest BCUT2D eigenvalue weighted by molar-refractivity contribution is 0.00789. The van der Waals surface area contributed by atoms with E-state index in [0.29, 0.717) is 23.6 Å². The molecule has 2 saturated carbocycles. The number of nitrogens with zero attached hydrogens (tertiary/aromatic N) is 5. The second-order valence-electron chi connectivity index (χ2n) is 11.4. The quantitative estimate of drug-likeness (QED) is 0.608. The number of aromatic nitrogens is 5. The summed E-state index contributed by atoms with van der Waals surface area (Å²) in [6, 6.07) is 9.32. The number of piperidine rings is 1. The molecule has 9 nitrogen and oxygen atoms in total. The second kappa shape index (κ2) is 8.50. The highest BCUT2D eigenvalue weighted by atomic mass is 16.2. The zero-order valence-corrected chi connectivity index (χ0v) is 20.4. The van der Waals surface area contributed by atoms with Crippen molar-refractivity contribution >= 4 is 11.0 Å². The molecular weight excluding hydrogens is 456 g/mol. The SMILES string of the molecule is O=c1cnn(-c2nc3ccccc3n([C@H]3C[C@H]4CC[C@@H](C3)N4[C@H]3C[C@@H]4CCC[C@@H](C4)C3)c2=O)c(=O)[nH]1. The minimum Gasteiger partial charge on any atom is -0.300 e. The van der Waals surface area contributed by atoms with Crippen LogP contribution in [-0.4, -0.2) is 47.3 Å². The molecule has 0 spiro atoms. The van der Waals surface area contributed by atoms with Crippen LogP contribution in [0.5, 0.6) is 0 Å². The Hall–Kier alpha value is -3.07. The minimum absolute atomic E-state index is 0.0412. The van der Waals surface area contributed by atoms with Crippen molar-refractivity contribution in [3.63, 3.8) is 0 Å². The van der Waals surface area contributed by atoms with E-state index >= 15 is 0 Å². The normalized spacial score (nSPS) is 32.1. The lowest BCUT2D eigenvalue weighted by Gasteiger charge is -2.49. The van der Waals surface area contributed by atoms with Gasteiger partial charge >= 0.3 is 5.69 Å². The third-order valence-corrected chi connectivity index (χ3v) is 9.35. The van der Waals surface area contributed by atoms with Gasteiger partial charge in [-0.3, -0.25) is 19.5 Å². The van der Waals surface area contributed by atoms with Crippen LogP contribution in [0.3, 0.4) is 0 Å². The number of fused-ring (bicyclic) bond motifs is 5. The molecule has 0 radical (unpaired) electrons. The maximum atomic E-state index is 13.9. The molecule has 9 heteroatoms. The Morgan fingerprint density at radius 1 is 0.806 bits per heavy atom. The standard InChI is InChI=1S/C27H32N6O3/c34-24-15-28-33(27(36)30-24)25-26(35)32(23-7-2-1-6-22(23)29-25)21-13-18-8-9-19(14-21)31(18)20-11-16-4-3-5-17(10-16)12-20/h1-2,6-7,15-21H,3-5,8-14H2,(H,30,34,36)/t16-,17+,18-,19+,20+,21+.